The largest absolute Gasteiger partial charge is 0.389 e. The van der Waals surface area contributed by atoms with Gasteiger partial charge in [-0.3, -0.25) is 9.59 Å². The van der Waals surface area contributed by atoms with Crippen LogP contribution in [0, 0.1) is 6.92 Å². The van der Waals surface area contributed by atoms with Crippen LogP contribution in [0.15, 0.2) is 41.2 Å². The van der Waals surface area contributed by atoms with Crippen molar-refractivity contribution in [1.82, 2.24) is 4.98 Å². The molecule has 0 fully saturated rings. The van der Waals surface area contributed by atoms with Gasteiger partial charge in [-0.25, -0.2) is 0 Å². The lowest BCUT2D eigenvalue weighted by atomic mass is 10.1. The smallest absolute Gasteiger partial charge is 0.272 e. The number of nitrogens with two attached hydrogens (primary N) is 1. The summed E-state index contributed by atoms with van der Waals surface area (Å²) in [5.74, 6) is -0.397. The van der Waals surface area contributed by atoms with Gasteiger partial charge in [-0.2, -0.15) is 0 Å². The Balaban J connectivity index is 2.30. The highest BCUT2D eigenvalue weighted by atomic mass is 32.1. The van der Waals surface area contributed by atoms with Crippen LogP contribution in [0.3, 0.4) is 0 Å². The fourth-order valence-electron chi connectivity index (χ4n) is 1.68. The zero-order chi connectivity index (χ0) is 14.7. The minimum Gasteiger partial charge on any atom is -0.389 e. The highest BCUT2D eigenvalue weighted by Crippen LogP contribution is 2.17. The molecule has 102 valence electrons. The highest BCUT2D eigenvalue weighted by molar-refractivity contribution is 7.80. The van der Waals surface area contributed by atoms with Crippen molar-refractivity contribution in [2.24, 2.45) is 5.73 Å². The van der Waals surface area contributed by atoms with Crippen molar-refractivity contribution in [2.75, 3.05) is 5.32 Å². The summed E-state index contributed by atoms with van der Waals surface area (Å²) < 4.78 is 0. The van der Waals surface area contributed by atoms with Crippen LogP contribution in [0.2, 0.25) is 0 Å². The number of benzene rings is 1. The molecule has 5 nitrogen and oxygen atoms in total. The van der Waals surface area contributed by atoms with Gasteiger partial charge in [0.25, 0.3) is 5.91 Å². The van der Waals surface area contributed by atoms with Gasteiger partial charge in [0.2, 0.25) is 5.56 Å². The molecule has 1 amide bonds. The number of carbonyl (C=O) groups is 1. The van der Waals surface area contributed by atoms with Crippen molar-refractivity contribution in [3.05, 3.63) is 63.6 Å². The molecule has 0 saturated carbocycles. The molecule has 0 aliphatic carbocycles. The molecule has 1 heterocycles. The fourth-order valence-corrected chi connectivity index (χ4v) is 1.81. The van der Waals surface area contributed by atoms with E-state index in [9.17, 15) is 9.59 Å². The average Bonchev–Trinajstić information content (AvgIpc) is 2.41. The number of hydrogen-bond acceptors (Lipinski definition) is 3. The number of pyridine rings is 1. The van der Waals surface area contributed by atoms with Crippen molar-refractivity contribution in [1.29, 1.82) is 0 Å². The summed E-state index contributed by atoms with van der Waals surface area (Å²) in [6.45, 7) is 1.85. The van der Waals surface area contributed by atoms with Gasteiger partial charge in [-0.15, -0.1) is 0 Å². The molecule has 0 atom stereocenters. The third kappa shape index (κ3) is 3.10. The Morgan fingerprint density at radius 2 is 2.05 bits per heavy atom. The Morgan fingerprint density at radius 1 is 1.30 bits per heavy atom. The molecule has 6 heteroatoms. The first-order valence-corrected chi connectivity index (χ1v) is 6.29. The molecule has 1 aromatic heterocycles. The standard InChI is InChI=1S/C14H13N3O2S/c1-8-5-6-9(13(15)20)7-11(8)17-14(19)10-3-2-4-12(18)16-10/h2-7H,1H3,(H2,15,20)(H,16,18)(H,17,19). The quantitative estimate of drug-likeness (QED) is 0.748. The molecule has 1 aromatic carbocycles. The third-order valence-electron chi connectivity index (χ3n) is 2.78. The second-order valence-electron chi connectivity index (χ2n) is 4.28. The van der Waals surface area contributed by atoms with E-state index in [0.29, 0.717) is 11.3 Å². The Morgan fingerprint density at radius 3 is 2.70 bits per heavy atom. The topological polar surface area (TPSA) is 88.0 Å². The Hall–Kier alpha value is -2.47. The average molecular weight is 287 g/mol. The molecule has 4 N–H and O–H groups in total. The summed E-state index contributed by atoms with van der Waals surface area (Å²) in [7, 11) is 0. The first kappa shape index (κ1) is 14.0. The highest BCUT2D eigenvalue weighted by Gasteiger charge is 2.09. The zero-order valence-electron chi connectivity index (χ0n) is 10.8. The van der Waals surface area contributed by atoms with E-state index in [2.05, 4.69) is 10.3 Å². The van der Waals surface area contributed by atoms with Gasteiger partial charge in [0.15, 0.2) is 0 Å². The molecule has 2 rings (SSSR count). The van der Waals surface area contributed by atoms with E-state index in [1.54, 1.807) is 12.1 Å². The van der Waals surface area contributed by atoms with Crippen molar-refractivity contribution in [3.63, 3.8) is 0 Å². The first-order chi connectivity index (χ1) is 9.47. The summed E-state index contributed by atoms with van der Waals surface area (Å²) >= 11 is 4.91. The molecule has 0 spiro atoms. The van der Waals surface area contributed by atoms with Crippen LogP contribution < -0.4 is 16.6 Å². The summed E-state index contributed by atoms with van der Waals surface area (Å²) in [5, 5.41) is 2.72. The van der Waals surface area contributed by atoms with Crippen LogP contribution in [0.5, 0.6) is 0 Å². The van der Waals surface area contributed by atoms with E-state index in [0.717, 1.165) is 5.56 Å². The molecule has 0 radical (unpaired) electrons. The normalized spacial score (nSPS) is 10.1. The number of aromatic amines is 1. The lowest BCUT2D eigenvalue weighted by Crippen LogP contribution is -2.19. The minimum atomic E-state index is -0.397. The number of hydrogen-bond donors (Lipinski definition) is 3. The van der Waals surface area contributed by atoms with Gasteiger partial charge in [0, 0.05) is 17.3 Å². The molecule has 0 aliphatic heterocycles. The van der Waals surface area contributed by atoms with Gasteiger partial charge in [0.1, 0.15) is 10.7 Å². The second-order valence-corrected chi connectivity index (χ2v) is 4.72. The van der Waals surface area contributed by atoms with E-state index < -0.39 is 5.91 Å². The van der Waals surface area contributed by atoms with Crippen LogP contribution in [0.1, 0.15) is 21.6 Å². The summed E-state index contributed by atoms with van der Waals surface area (Å²) in [6.07, 6.45) is 0. The number of nitrogens with one attached hydrogen (secondary N) is 2. The number of anilines is 1. The van der Waals surface area contributed by atoms with E-state index in [4.69, 9.17) is 18.0 Å². The molecular formula is C14H13N3O2S. The minimum absolute atomic E-state index is 0.192. The Labute approximate surface area is 120 Å². The van der Waals surface area contributed by atoms with Crippen LogP contribution >= 0.6 is 12.2 Å². The lowest BCUT2D eigenvalue weighted by Gasteiger charge is -2.10. The van der Waals surface area contributed by atoms with Crippen LogP contribution in [0.25, 0.3) is 0 Å². The maximum atomic E-state index is 12.1. The van der Waals surface area contributed by atoms with E-state index in [1.807, 2.05) is 13.0 Å². The van der Waals surface area contributed by atoms with Crippen LogP contribution in [-0.2, 0) is 0 Å². The SMILES string of the molecule is Cc1ccc(C(N)=S)cc1NC(=O)c1cccc(=O)[nH]1. The summed E-state index contributed by atoms with van der Waals surface area (Å²) in [4.78, 5) is 26.0. The van der Waals surface area contributed by atoms with Gasteiger partial charge in [-0.1, -0.05) is 30.4 Å². The molecule has 2 aromatic rings. The lowest BCUT2D eigenvalue weighted by molar-refractivity contribution is 0.102. The van der Waals surface area contributed by atoms with E-state index in [-0.39, 0.29) is 16.2 Å². The number of amides is 1. The molecular weight excluding hydrogens is 274 g/mol. The van der Waals surface area contributed by atoms with E-state index in [1.165, 1.54) is 18.2 Å². The number of aromatic nitrogens is 1. The van der Waals surface area contributed by atoms with Gasteiger partial charge in [0.05, 0.1) is 0 Å². The number of rotatable bonds is 3. The summed E-state index contributed by atoms with van der Waals surface area (Å²) in [6, 6.07) is 9.71. The predicted octanol–water partition coefficient (Wildman–Crippen LogP) is 1.57. The van der Waals surface area contributed by atoms with E-state index >= 15 is 0 Å². The summed E-state index contributed by atoms with van der Waals surface area (Å²) in [5.41, 5.74) is 7.57. The Bertz CT molecular complexity index is 737. The monoisotopic (exact) mass is 287 g/mol. The van der Waals surface area contributed by atoms with Crippen molar-refractivity contribution in [3.8, 4) is 0 Å². The van der Waals surface area contributed by atoms with Crippen molar-refractivity contribution >= 4 is 28.8 Å². The number of aryl methyl sites for hydroxylation is 1. The van der Waals surface area contributed by atoms with Gasteiger partial charge < -0.3 is 16.0 Å². The molecule has 0 aliphatic rings. The van der Waals surface area contributed by atoms with Crippen LogP contribution in [-0.4, -0.2) is 15.9 Å². The number of H-pyrrole nitrogens is 1. The molecule has 0 saturated heterocycles. The van der Waals surface area contributed by atoms with Crippen molar-refractivity contribution < 1.29 is 4.79 Å². The number of thiocarbonyl (C=S) groups is 1. The Kier molecular flexibility index (Phi) is 3.95. The van der Waals surface area contributed by atoms with Crippen molar-refractivity contribution in [2.45, 2.75) is 6.92 Å². The van der Waals surface area contributed by atoms with Gasteiger partial charge in [-0.05, 0) is 24.6 Å². The molecule has 0 bridgehead atoms. The first-order valence-electron chi connectivity index (χ1n) is 5.88. The van der Waals surface area contributed by atoms with Gasteiger partial charge >= 0.3 is 0 Å². The fraction of sp³-hybridized carbons (Fsp3) is 0.0714. The third-order valence-corrected chi connectivity index (χ3v) is 3.02. The zero-order valence-corrected chi connectivity index (χ0v) is 11.6. The maximum absolute atomic E-state index is 12.1. The number of carbonyl (C=O) groups excluding carboxylic acids is 1. The molecule has 0 unspecified atom stereocenters. The van der Waals surface area contributed by atoms with Crippen LogP contribution in [0.4, 0.5) is 5.69 Å². The second kappa shape index (κ2) is 5.66. The molecule has 20 heavy (non-hydrogen) atoms. The predicted molar refractivity (Wildman–Crippen MR) is 82.1 cm³/mol. The maximum Gasteiger partial charge on any atom is 0.272 e.